The molecule has 0 atom stereocenters. The van der Waals surface area contributed by atoms with E-state index in [2.05, 4.69) is 0 Å². The van der Waals surface area contributed by atoms with Crippen LogP contribution in [0.2, 0.25) is 5.02 Å². The van der Waals surface area contributed by atoms with Crippen molar-refractivity contribution in [2.45, 2.75) is 6.92 Å². The van der Waals surface area contributed by atoms with Crippen LogP contribution < -0.4 is 4.74 Å². The molecule has 0 saturated carbocycles. The van der Waals surface area contributed by atoms with Gasteiger partial charge in [0.15, 0.2) is 0 Å². The Morgan fingerprint density at radius 2 is 2.15 bits per heavy atom. The van der Waals surface area contributed by atoms with Gasteiger partial charge in [-0.25, -0.2) is 0 Å². The van der Waals surface area contributed by atoms with Crippen molar-refractivity contribution in [3.05, 3.63) is 32.8 Å². The number of nitro benzene ring substituents is 1. The minimum Gasteiger partial charge on any atom is -0.489 e. The van der Waals surface area contributed by atoms with Gasteiger partial charge < -0.3 is 4.74 Å². The summed E-state index contributed by atoms with van der Waals surface area (Å²) >= 11 is 5.75. The predicted molar refractivity (Wildman–Crippen MR) is 49.4 cm³/mol. The van der Waals surface area contributed by atoms with Crippen LogP contribution in [0.1, 0.15) is 5.56 Å². The van der Waals surface area contributed by atoms with Crippen molar-refractivity contribution < 1.29 is 9.66 Å². The van der Waals surface area contributed by atoms with Gasteiger partial charge in [-0.15, -0.1) is 0 Å². The number of nitrogens with zero attached hydrogens (tertiary/aromatic N) is 1. The maximum atomic E-state index is 10.6. The quantitative estimate of drug-likeness (QED) is 0.546. The highest BCUT2D eigenvalue weighted by atomic mass is 35.5. The third-order valence-corrected chi connectivity index (χ3v) is 1.85. The Morgan fingerprint density at radius 1 is 1.54 bits per heavy atom. The summed E-state index contributed by atoms with van der Waals surface area (Å²) < 4.78 is 4.82. The zero-order chi connectivity index (χ0) is 10.0. The van der Waals surface area contributed by atoms with Gasteiger partial charge in [0.1, 0.15) is 0 Å². The highest BCUT2D eigenvalue weighted by Gasteiger charge is 2.18. The summed E-state index contributed by atoms with van der Waals surface area (Å²) in [6, 6.07) is 3.04. The molecule has 0 aliphatic heterocycles. The van der Waals surface area contributed by atoms with Crippen LogP contribution in [0.3, 0.4) is 0 Å². The lowest BCUT2D eigenvalue weighted by Crippen LogP contribution is -1.95. The van der Waals surface area contributed by atoms with E-state index in [9.17, 15) is 10.1 Å². The van der Waals surface area contributed by atoms with Crippen molar-refractivity contribution in [3.63, 3.8) is 0 Å². The predicted octanol–water partition coefficient (Wildman–Crippen LogP) is 2.57. The van der Waals surface area contributed by atoms with Gasteiger partial charge in [-0.3, -0.25) is 10.1 Å². The third kappa shape index (κ3) is 1.89. The van der Waals surface area contributed by atoms with E-state index in [0.717, 1.165) is 5.56 Å². The molecule has 0 saturated heterocycles. The SMILES string of the molecule is COc1c(Cl)cc(C)cc1[N+](=O)[O-]. The molecule has 1 aromatic rings. The lowest BCUT2D eigenvalue weighted by molar-refractivity contribution is -0.385. The van der Waals surface area contributed by atoms with E-state index in [1.54, 1.807) is 13.0 Å². The summed E-state index contributed by atoms with van der Waals surface area (Å²) in [6.45, 7) is 1.73. The Kier molecular flexibility index (Phi) is 2.72. The molecule has 0 bridgehead atoms. The van der Waals surface area contributed by atoms with Crippen LogP contribution in [-0.2, 0) is 0 Å². The summed E-state index contributed by atoms with van der Waals surface area (Å²) in [5.41, 5.74) is 0.630. The minimum atomic E-state index is -0.516. The molecule has 0 amide bonds. The van der Waals surface area contributed by atoms with Crippen LogP contribution in [0.5, 0.6) is 5.75 Å². The second kappa shape index (κ2) is 3.62. The number of nitro groups is 1. The summed E-state index contributed by atoms with van der Waals surface area (Å²) in [7, 11) is 1.35. The number of ether oxygens (including phenoxy) is 1. The molecule has 5 heteroatoms. The second-order valence-corrected chi connectivity index (χ2v) is 2.96. The van der Waals surface area contributed by atoms with E-state index >= 15 is 0 Å². The number of halogens is 1. The maximum Gasteiger partial charge on any atom is 0.312 e. The Hall–Kier alpha value is -1.29. The summed E-state index contributed by atoms with van der Waals surface area (Å²) in [6.07, 6.45) is 0. The monoisotopic (exact) mass is 201 g/mol. The van der Waals surface area contributed by atoms with E-state index in [-0.39, 0.29) is 16.5 Å². The van der Waals surface area contributed by atoms with E-state index in [0.29, 0.717) is 0 Å². The normalized spacial score (nSPS) is 9.77. The number of hydrogen-bond acceptors (Lipinski definition) is 3. The van der Waals surface area contributed by atoms with Crippen LogP contribution in [0.15, 0.2) is 12.1 Å². The first kappa shape index (κ1) is 9.80. The smallest absolute Gasteiger partial charge is 0.312 e. The summed E-state index contributed by atoms with van der Waals surface area (Å²) in [5, 5.41) is 10.8. The molecule has 13 heavy (non-hydrogen) atoms. The van der Waals surface area contributed by atoms with Crippen LogP contribution in [0.25, 0.3) is 0 Å². The molecule has 0 fully saturated rings. The van der Waals surface area contributed by atoms with Gasteiger partial charge in [0.25, 0.3) is 0 Å². The third-order valence-electron chi connectivity index (χ3n) is 1.57. The zero-order valence-corrected chi connectivity index (χ0v) is 7.96. The molecular formula is C8H8ClNO3. The Morgan fingerprint density at radius 3 is 2.62 bits per heavy atom. The standard InChI is InChI=1S/C8H8ClNO3/c1-5-3-6(9)8(13-2)7(4-5)10(11)12/h3-4H,1-2H3. The molecule has 1 rings (SSSR count). The fraction of sp³-hybridized carbons (Fsp3) is 0.250. The number of hydrogen-bond donors (Lipinski definition) is 0. The highest BCUT2D eigenvalue weighted by Crippen LogP contribution is 2.35. The molecule has 1 aromatic carbocycles. The Bertz CT molecular complexity index is 351. The lowest BCUT2D eigenvalue weighted by Gasteiger charge is -2.04. The molecule has 0 aliphatic rings. The first-order chi connectivity index (χ1) is 6.06. The Balaban J connectivity index is 3.38. The summed E-state index contributed by atoms with van der Waals surface area (Å²) in [5.74, 6) is 0.109. The highest BCUT2D eigenvalue weighted by molar-refractivity contribution is 6.32. The number of methoxy groups -OCH3 is 1. The van der Waals surface area contributed by atoms with Gasteiger partial charge in [-0.2, -0.15) is 0 Å². The molecule has 0 radical (unpaired) electrons. The largest absolute Gasteiger partial charge is 0.489 e. The van der Waals surface area contributed by atoms with Crippen molar-refractivity contribution in [3.8, 4) is 5.75 Å². The van der Waals surface area contributed by atoms with E-state index in [1.165, 1.54) is 13.2 Å². The van der Waals surface area contributed by atoms with Crippen LogP contribution in [0.4, 0.5) is 5.69 Å². The van der Waals surface area contributed by atoms with Gasteiger partial charge >= 0.3 is 5.69 Å². The fourth-order valence-corrected chi connectivity index (χ4v) is 1.39. The lowest BCUT2D eigenvalue weighted by atomic mass is 10.2. The molecule has 0 unspecified atom stereocenters. The minimum absolute atomic E-state index is 0.104. The van der Waals surface area contributed by atoms with Gasteiger partial charge in [-0.05, 0) is 18.6 Å². The molecular weight excluding hydrogens is 194 g/mol. The Labute approximate surface area is 80.2 Å². The topological polar surface area (TPSA) is 52.4 Å². The van der Waals surface area contributed by atoms with Crippen molar-refractivity contribution in [1.29, 1.82) is 0 Å². The average Bonchev–Trinajstić information content (AvgIpc) is 2.02. The van der Waals surface area contributed by atoms with Gasteiger partial charge in [0.05, 0.1) is 17.1 Å². The number of rotatable bonds is 2. The first-order valence-electron chi connectivity index (χ1n) is 3.54. The molecule has 4 nitrogen and oxygen atoms in total. The van der Waals surface area contributed by atoms with Crippen LogP contribution in [0, 0.1) is 17.0 Å². The maximum absolute atomic E-state index is 10.6. The number of benzene rings is 1. The summed E-state index contributed by atoms with van der Waals surface area (Å²) in [4.78, 5) is 10.0. The molecule has 0 aliphatic carbocycles. The molecule has 0 aromatic heterocycles. The van der Waals surface area contributed by atoms with E-state index in [1.807, 2.05) is 0 Å². The fourth-order valence-electron chi connectivity index (χ4n) is 1.05. The second-order valence-electron chi connectivity index (χ2n) is 2.56. The van der Waals surface area contributed by atoms with Crippen molar-refractivity contribution in [1.82, 2.24) is 0 Å². The molecule has 0 heterocycles. The van der Waals surface area contributed by atoms with Crippen molar-refractivity contribution in [2.24, 2.45) is 0 Å². The van der Waals surface area contributed by atoms with Gasteiger partial charge in [0, 0.05) is 6.07 Å². The van der Waals surface area contributed by atoms with Crippen molar-refractivity contribution in [2.75, 3.05) is 7.11 Å². The van der Waals surface area contributed by atoms with Gasteiger partial charge in [-0.1, -0.05) is 11.6 Å². The van der Waals surface area contributed by atoms with E-state index < -0.39 is 4.92 Å². The molecule has 0 N–H and O–H groups in total. The van der Waals surface area contributed by atoms with Crippen LogP contribution in [-0.4, -0.2) is 12.0 Å². The molecule has 70 valence electrons. The van der Waals surface area contributed by atoms with Crippen molar-refractivity contribution >= 4 is 17.3 Å². The first-order valence-corrected chi connectivity index (χ1v) is 3.92. The van der Waals surface area contributed by atoms with Gasteiger partial charge in [0.2, 0.25) is 5.75 Å². The molecule has 0 spiro atoms. The van der Waals surface area contributed by atoms with E-state index in [4.69, 9.17) is 16.3 Å². The number of aryl methyl sites for hydroxylation is 1. The van der Waals surface area contributed by atoms with Crippen LogP contribution >= 0.6 is 11.6 Å². The average molecular weight is 202 g/mol. The zero-order valence-electron chi connectivity index (χ0n) is 7.20.